The van der Waals surface area contributed by atoms with Crippen molar-refractivity contribution in [1.82, 2.24) is 25.1 Å². The van der Waals surface area contributed by atoms with Crippen molar-refractivity contribution < 1.29 is 9.90 Å². The van der Waals surface area contributed by atoms with Crippen LogP contribution in [0.2, 0.25) is 5.02 Å². The molecule has 0 aromatic carbocycles. The maximum atomic E-state index is 12.1. The molecule has 2 aromatic rings. The lowest BCUT2D eigenvalue weighted by Crippen LogP contribution is -2.40. The minimum Gasteiger partial charge on any atom is -0.391 e. The second kappa shape index (κ2) is 7.72. The average molecular weight is 350 g/mol. The van der Waals surface area contributed by atoms with Crippen molar-refractivity contribution in [1.29, 1.82) is 0 Å². The molecule has 0 spiro atoms. The third-order valence-corrected chi connectivity index (χ3v) is 4.47. The van der Waals surface area contributed by atoms with Crippen LogP contribution in [-0.4, -0.2) is 42.9 Å². The second-order valence-corrected chi connectivity index (χ2v) is 6.64. The topological polar surface area (TPSA) is 92.9 Å². The first-order valence-electron chi connectivity index (χ1n) is 7.99. The molecular weight excluding hydrogens is 330 g/mol. The fraction of sp³-hybridized carbons (Fsp3) is 0.500. The van der Waals surface area contributed by atoms with Gasteiger partial charge in [-0.3, -0.25) is 9.48 Å². The van der Waals surface area contributed by atoms with Gasteiger partial charge in [0.15, 0.2) is 0 Å². The number of hydrogen-bond donors (Lipinski definition) is 2. The Kier molecular flexibility index (Phi) is 5.42. The van der Waals surface area contributed by atoms with E-state index in [1.807, 2.05) is 0 Å². The summed E-state index contributed by atoms with van der Waals surface area (Å²) in [5.74, 6) is 0.203. The Morgan fingerprint density at radius 3 is 2.83 bits per heavy atom. The first-order valence-corrected chi connectivity index (χ1v) is 8.37. The van der Waals surface area contributed by atoms with Crippen LogP contribution < -0.4 is 5.32 Å². The van der Waals surface area contributed by atoms with Crippen molar-refractivity contribution in [2.75, 3.05) is 0 Å². The molecule has 1 aliphatic carbocycles. The Morgan fingerprint density at radius 1 is 1.33 bits per heavy atom. The second-order valence-electron chi connectivity index (χ2n) is 6.21. The summed E-state index contributed by atoms with van der Waals surface area (Å²) in [5, 5.41) is 17.9. The number of rotatable bonds is 6. The molecule has 3 atom stereocenters. The van der Waals surface area contributed by atoms with Crippen LogP contribution in [0.15, 0.2) is 31.1 Å². The van der Waals surface area contributed by atoms with E-state index in [1.165, 1.54) is 6.33 Å². The molecule has 8 heteroatoms. The van der Waals surface area contributed by atoms with Crippen LogP contribution in [-0.2, 0) is 17.8 Å². The molecule has 1 fully saturated rings. The fourth-order valence-corrected chi connectivity index (χ4v) is 3.28. The number of aromatic nitrogens is 4. The number of hydrogen-bond acceptors (Lipinski definition) is 5. The molecule has 24 heavy (non-hydrogen) atoms. The monoisotopic (exact) mass is 349 g/mol. The van der Waals surface area contributed by atoms with Gasteiger partial charge in [0.2, 0.25) is 5.91 Å². The molecule has 3 rings (SSSR count). The van der Waals surface area contributed by atoms with Crippen LogP contribution in [0.1, 0.15) is 24.8 Å². The lowest BCUT2D eigenvalue weighted by atomic mass is 10.1. The van der Waals surface area contributed by atoms with Gasteiger partial charge in [0.05, 0.1) is 23.4 Å². The minimum atomic E-state index is -0.523. The molecule has 1 saturated carbocycles. The SMILES string of the molecule is O=C(CCc1cncnc1)N[C@@H]1CC(Cn2cc(Cl)cn2)C[C@H]1O. The quantitative estimate of drug-likeness (QED) is 0.817. The van der Waals surface area contributed by atoms with Crippen molar-refractivity contribution in [3.8, 4) is 0 Å². The van der Waals surface area contributed by atoms with E-state index in [4.69, 9.17) is 11.6 Å². The molecule has 2 aromatic heterocycles. The third kappa shape index (κ3) is 4.52. The summed E-state index contributed by atoms with van der Waals surface area (Å²) in [6.07, 6.45) is 10.0. The number of carbonyl (C=O) groups excluding carboxylic acids is 1. The van der Waals surface area contributed by atoms with Crippen molar-refractivity contribution in [2.24, 2.45) is 5.92 Å². The number of nitrogens with one attached hydrogen (secondary N) is 1. The first-order chi connectivity index (χ1) is 11.6. The van der Waals surface area contributed by atoms with Crippen LogP contribution in [0.3, 0.4) is 0 Å². The highest BCUT2D eigenvalue weighted by molar-refractivity contribution is 6.30. The number of halogens is 1. The molecular formula is C16H20ClN5O2. The van der Waals surface area contributed by atoms with Gasteiger partial charge in [0.1, 0.15) is 6.33 Å². The summed E-state index contributed by atoms with van der Waals surface area (Å²) in [5.41, 5.74) is 0.924. The maximum absolute atomic E-state index is 12.1. The van der Waals surface area contributed by atoms with Gasteiger partial charge < -0.3 is 10.4 Å². The smallest absolute Gasteiger partial charge is 0.220 e. The van der Waals surface area contributed by atoms with Crippen LogP contribution in [0.25, 0.3) is 0 Å². The van der Waals surface area contributed by atoms with Gasteiger partial charge in [0, 0.05) is 31.6 Å². The zero-order valence-electron chi connectivity index (χ0n) is 13.2. The normalized spacial score (nSPS) is 23.3. The Labute approximate surface area is 145 Å². The summed E-state index contributed by atoms with van der Waals surface area (Å²) in [6.45, 7) is 0.692. The molecule has 1 amide bonds. The van der Waals surface area contributed by atoms with E-state index in [9.17, 15) is 9.90 Å². The fourth-order valence-electron chi connectivity index (χ4n) is 3.12. The molecule has 1 unspecified atom stereocenters. The number of aryl methyl sites for hydroxylation is 1. The lowest BCUT2D eigenvalue weighted by Gasteiger charge is -2.16. The van der Waals surface area contributed by atoms with Crippen molar-refractivity contribution in [3.63, 3.8) is 0 Å². The zero-order chi connectivity index (χ0) is 16.9. The average Bonchev–Trinajstić information content (AvgIpc) is 3.12. The first kappa shape index (κ1) is 16.9. The van der Waals surface area contributed by atoms with Crippen molar-refractivity contribution in [3.05, 3.63) is 41.7 Å². The van der Waals surface area contributed by atoms with Crippen LogP contribution in [0, 0.1) is 5.92 Å². The van der Waals surface area contributed by atoms with E-state index in [1.54, 1.807) is 29.5 Å². The summed E-state index contributed by atoms with van der Waals surface area (Å²) < 4.78 is 1.78. The van der Waals surface area contributed by atoms with E-state index in [0.29, 0.717) is 30.8 Å². The summed E-state index contributed by atoms with van der Waals surface area (Å²) in [4.78, 5) is 19.9. The van der Waals surface area contributed by atoms with Crippen LogP contribution in [0.4, 0.5) is 0 Å². The Hall–Kier alpha value is -1.99. The van der Waals surface area contributed by atoms with Crippen LogP contribution in [0.5, 0.6) is 0 Å². The largest absolute Gasteiger partial charge is 0.391 e. The predicted octanol–water partition coefficient (Wildman–Crippen LogP) is 1.21. The van der Waals surface area contributed by atoms with Gasteiger partial charge in [0.25, 0.3) is 0 Å². The number of nitrogens with zero attached hydrogens (tertiary/aromatic N) is 4. The maximum Gasteiger partial charge on any atom is 0.220 e. The summed E-state index contributed by atoms with van der Waals surface area (Å²) in [6, 6.07) is -0.208. The van der Waals surface area contributed by atoms with Crippen molar-refractivity contribution in [2.45, 2.75) is 44.4 Å². The van der Waals surface area contributed by atoms with Gasteiger partial charge in [-0.2, -0.15) is 5.10 Å². The molecule has 0 aliphatic heterocycles. The number of aliphatic hydroxyl groups excluding tert-OH is 1. The van der Waals surface area contributed by atoms with E-state index in [2.05, 4.69) is 20.4 Å². The van der Waals surface area contributed by atoms with E-state index >= 15 is 0 Å². The summed E-state index contributed by atoms with van der Waals surface area (Å²) >= 11 is 5.86. The van der Waals surface area contributed by atoms with Gasteiger partial charge in [-0.15, -0.1) is 0 Å². The molecule has 2 heterocycles. The molecule has 0 saturated heterocycles. The third-order valence-electron chi connectivity index (χ3n) is 4.27. The highest BCUT2D eigenvalue weighted by Crippen LogP contribution is 2.27. The Morgan fingerprint density at radius 2 is 2.12 bits per heavy atom. The molecule has 7 nitrogen and oxygen atoms in total. The molecule has 128 valence electrons. The van der Waals surface area contributed by atoms with Crippen molar-refractivity contribution >= 4 is 17.5 Å². The van der Waals surface area contributed by atoms with E-state index < -0.39 is 6.10 Å². The van der Waals surface area contributed by atoms with Gasteiger partial charge in [-0.1, -0.05) is 11.6 Å². The number of amides is 1. The van der Waals surface area contributed by atoms with Gasteiger partial charge in [-0.05, 0) is 30.7 Å². The standard InChI is InChI=1S/C16H20ClN5O2/c17-13-7-20-22(9-13)8-12-3-14(15(23)4-12)21-16(24)2-1-11-5-18-10-19-6-11/h5-7,9-10,12,14-15,23H,1-4,8H2,(H,21,24)/t12?,14-,15-/m1/s1. The molecule has 0 radical (unpaired) electrons. The zero-order valence-corrected chi connectivity index (χ0v) is 13.9. The van der Waals surface area contributed by atoms with E-state index in [0.717, 1.165) is 12.0 Å². The predicted molar refractivity (Wildman–Crippen MR) is 88.3 cm³/mol. The molecule has 2 N–H and O–H groups in total. The van der Waals surface area contributed by atoms with Gasteiger partial charge in [-0.25, -0.2) is 9.97 Å². The Balaban J connectivity index is 1.45. The minimum absolute atomic E-state index is 0.0642. The molecule has 0 bridgehead atoms. The van der Waals surface area contributed by atoms with E-state index in [-0.39, 0.29) is 17.9 Å². The lowest BCUT2D eigenvalue weighted by molar-refractivity contribution is -0.122. The number of aliphatic hydroxyl groups is 1. The van der Waals surface area contributed by atoms with Crippen LogP contribution >= 0.6 is 11.6 Å². The highest BCUT2D eigenvalue weighted by atomic mass is 35.5. The van der Waals surface area contributed by atoms with Gasteiger partial charge >= 0.3 is 0 Å². The summed E-state index contributed by atoms with van der Waals surface area (Å²) in [7, 11) is 0. The Bertz CT molecular complexity index is 678. The highest BCUT2D eigenvalue weighted by Gasteiger charge is 2.34. The molecule has 1 aliphatic rings. The number of carbonyl (C=O) groups is 1.